The lowest BCUT2D eigenvalue weighted by molar-refractivity contribution is -0.105. The second kappa shape index (κ2) is 14.4. The van der Waals surface area contributed by atoms with E-state index in [1.807, 2.05) is 12.1 Å². The molecule has 0 saturated carbocycles. The molecular weight excluding hydrogens is 540 g/mol. The molecule has 3 atom stereocenters. The first-order valence-corrected chi connectivity index (χ1v) is 16.0. The van der Waals surface area contributed by atoms with Crippen molar-refractivity contribution in [2.24, 2.45) is 0 Å². The minimum Gasteiger partial charge on any atom is -0.490 e. The molecule has 0 N–H and O–H groups in total. The summed E-state index contributed by atoms with van der Waals surface area (Å²) in [6.07, 6.45) is 3.96. The Morgan fingerprint density at radius 2 is 1.32 bits per heavy atom. The van der Waals surface area contributed by atoms with Crippen molar-refractivity contribution in [1.82, 2.24) is 0 Å². The number of fused-ring (bicyclic) bond motifs is 1. The van der Waals surface area contributed by atoms with Crippen LogP contribution in [-0.4, -0.2) is 19.5 Å². The number of ether oxygens (including phenoxy) is 3. The Morgan fingerprint density at radius 3 is 1.98 bits per heavy atom. The first-order chi connectivity index (χ1) is 21.7. The van der Waals surface area contributed by atoms with Gasteiger partial charge in [-0.05, 0) is 71.6 Å². The average Bonchev–Trinajstić information content (AvgIpc) is 3.10. The van der Waals surface area contributed by atoms with Gasteiger partial charge in [-0.1, -0.05) is 129 Å². The Bertz CT molecular complexity index is 1550. The van der Waals surface area contributed by atoms with Gasteiger partial charge in [0.15, 0.2) is 0 Å². The minimum atomic E-state index is -0.410. The maximum absolute atomic E-state index is 6.64. The van der Waals surface area contributed by atoms with E-state index >= 15 is 0 Å². The Labute approximate surface area is 262 Å². The van der Waals surface area contributed by atoms with Crippen LogP contribution in [0.5, 0.6) is 11.5 Å². The molecule has 0 spiro atoms. The number of para-hydroxylation sites is 1. The maximum atomic E-state index is 6.64. The van der Waals surface area contributed by atoms with Gasteiger partial charge in [-0.2, -0.15) is 0 Å². The maximum Gasteiger partial charge on any atom is 0.206 e. The standard InChI is InChI=1S/C41H42O3/c1-3-30(2)31-24-26-35(27-25-31)44-41(39-23-12-19-32-18-10-11-20-36(32)39)43-29-28-42-40-37(33-14-6-4-7-15-33)21-13-22-38(40)34-16-8-5-9-17-34/h4-11,13-18,20-22,24-27,30,39,41H,3,12,19,23,28-29H2,1-2H3. The van der Waals surface area contributed by atoms with Crippen molar-refractivity contribution < 1.29 is 14.2 Å². The highest BCUT2D eigenvalue weighted by atomic mass is 16.7. The Balaban J connectivity index is 1.23. The van der Waals surface area contributed by atoms with E-state index in [0.717, 1.165) is 59.4 Å². The lowest BCUT2D eigenvalue weighted by Crippen LogP contribution is -2.32. The van der Waals surface area contributed by atoms with Crippen molar-refractivity contribution in [1.29, 1.82) is 0 Å². The van der Waals surface area contributed by atoms with Gasteiger partial charge in [0.2, 0.25) is 6.29 Å². The molecule has 224 valence electrons. The van der Waals surface area contributed by atoms with Gasteiger partial charge in [0.05, 0.1) is 6.61 Å². The quantitative estimate of drug-likeness (QED) is 0.108. The van der Waals surface area contributed by atoms with Crippen LogP contribution < -0.4 is 9.47 Å². The highest BCUT2D eigenvalue weighted by molar-refractivity contribution is 5.82. The second-order valence-electron chi connectivity index (χ2n) is 11.7. The highest BCUT2D eigenvalue weighted by Gasteiger charge is 2.30. The third-order valence-electron chi connectivity index (χ3n) is 8.85. The highest BCUT2D eigenvalue weighted by Crippen LogP contribution is 2.40. The number of aryl methyl sites for hydroxylation is 1. The summed E-state index contributed by atoms with van der Waals surface area (Å²) in [6.45, 7) is 5.30. The molecule has 0 aliphatic heterocycles. The van der Waals surface area contributed by atoms with Gasteiger partial charge >= 0.3 is 0 Å². The number of benzene rings is 5. The van der Waals surface area contributed by atoms with Gasteiger partial charge in [0, 0.05) is 17.0 Å². The zero-order valence-electron chi connectivity index (χ0n) is 25.8. The number of rotatable bonds is 12. The summed E-state index contributed by atoms with van der Waals surface area (Å²) in [4.78, 5) is 0. The van der Waals surface area contributed by atoms with Crippen LogP contribution >= 0.6 is 0 Å². The topological polar surface area (TPSA) is 27.7 Å². The van der Waals surface area contributed by atoms with Crippen molar-refractivity contribution >= 4 is 0 Å². The zero-order valence-corrected chi connectivity index (χ0v) is 25.8. The molecule has 0 aromatic heterocycles. The Kier molecular flexibility index (Phi) is 9.74. The second-order valence-corrected chi connectivity index (χ2v) is 11.7. The molecule has 0 heterocycles. The molecule has 1 aliphatic carbocycles. The molecule has 44 heavy (non-hydrogen) atoms. The summed E-state index contributed by atoms with van der Waals surface area (Å²) in [6, 6.07) is 44.5. The summed E-state index contributed by atoms with van der Waals surface area (Å²) in [5, 5.41) is 0. The molecule has 0 bridgehead atoms. The van der Waals surface area contributed by atoms with Gasteiger partial charge in [-0.15, -0.1) is 0 Å². The van der Waals surface area contributed by atoms with Gasteiger partial charge in [-0.3, -0.25) is 0 Å². The Morgan fingerprint density at radius 1 is 0.682 bits per heavy atom. The summed E-state index contributed by atoms with van der Waals surface area (Å²) in [5.41, 5.74) is 8.46. The minimum absolute atomic E-state index is 0.158. The average molecular weight is 583 g/mol. The van der Waals surface area contributed by atoms with Crippen molar-refractivity contribution in [2.45, 2.75) is 57.7 Å². The first-order valence-electron chi connectivity index (χ1n) is 16.0. The van der Waals surface area contributed by atoms with Gasteiger partial charge < -0.3 is 14.2 Å². The monoisotopic (exact) mass is 582 g/mol. The molecule has 6 rings (SSSR count). The molecule has 0 saturated heterocycles. The fourth-order valence-corrected chi connectivity index (χ4v) is 6.24. The van der Waals surface area contributed by atoms with E-state index in [0.29, 0.717) is 19.1 Å². The van der Waals surface area contributed by atoms with Crippen LogP contribution in [0.3, 0.4) is 0 Å². The molecule has 0 amide bonds. The van der Waals surface area contributed by atoms with E-state index in [2.05, 4.69) is 129 Å². The zero-order chi connectivity index (χ0) is 30.1. The molecule has 3 nitrogen and oxygen atoms in total. The van der Waals surface area contributed by atoms with E-state index in [1.54, 1.807) is 0 Å². The normalized spacial score (nSPS) is 15.6. The van der Waals surface area contributed by atoms with Crippen molar-refractivity contribution in [3.63, 3.8) is 0 Å². The predicted octanol–water partition coefficient (Wildman–Crippen LogP) is 10.5. The largest absolute Gasteiger partial charge is 0.490 e. The lowest BCUT2D eigenvalue weighted by Gasteiger charge is -2.32. The summed E-state index contributed by atoms with van der Waals surface area (Å²) < 4.78 is 19.9. The fourth-order valence-electron chi connectivity index (χ4n) is 6.24. The van der Waals surface area contributed by atoms with Gasteiger partial charge in [0.25, 0.3) is 0 Å². The third-order valence-corrected chi connectivity index (χ3v) is 8.85. The SMILES string of the molecule is CCC(C)c1ccc(OC(OCCOc2c(-c3ccccc3)cccc2-c2ccccc2)C2CCCc3ccccc32)cc1. The van der Waals surface area contributed by atoms with E-state index in [4.69, 9.17) is 14.2 Å². The van der Waals surface area contributed by atoms with Crippen LogP contribution in [0.2, 0.25) is 0 Å². The molecule has 3 unspecified atom stereocenters. The summed E-state index contributed by atoms with van der Waals surface area (Å²) in [5.74, 6) is 2.39. The van der Waals surface area contributed by atoms with Crippen LogP contribution in [0.4, 0.5) is 0 Å². The molecule has 3 heteroatoms. The first kappa shape index (κ1) is 29.7. The Hall–Kier alpha value is -4.34. The molecule has 1 aliphatic rings. The fraction of sp³-hybridized carbons (Fsp3) is 0.268. The van der Waals surface area contributed by atoms with Crippen molar-refractivity contribution in [2.75, 3.05) is 13.2 Å². The molecule has 5 aromatic carbocycles. The summed E-state index contributed by atoms with van der Waals surface area (Å²) in [7, 11) is 0. The van der Waals surface area contributed by atoms with Crippen LogP contribution in [0, 0.1) is 0 Å². The van der Waals surface area contributed by atoms with Crippen LogP contribution in [-0.2, 0) is 11.2 Å². The third kappa shape index (κ3) is 6.90. The summed E-state index contributed by atoms with van der Waals surface area (Å²) >= 11 is 0. The van der Waals surface area contributed by atoms with Crippen LogP contribution in [0.25, 0.3) is 22.3 Å². The smallest absolute Gasteiger partial charge is 0.206 e. The van der Waals surface area contributed by atoms with E-state index in [1.165, 1.54) is 16.7 Å². The van der Waals surface area contributed by atoms with E-state index in [-0.39, 0.29) is 5.92 Å². The van der Waals surface area contributed by atoms with Gasteiger partial charge in [0.1, 0.15) is 18.1 Å². The molecular formula is C41H42O3. The van der Waals surface area contributed by atoms with Gasteiger partial charge in [-0.25, -0.2) is 0 Å². The molecule has 5 aromatic rings. The molecule has 0 fully saturated rings. The predicted molar refractivity (Wildman–Crippen MR) is 180 cm³/mol. The number of hydrogen-bond acceptors (Lipinski definition) is 3. The van der Waals surface area contributed by atoms with Crippen molar-refractivity contribution in [3.05, 3.63) is 144 Å². The van der Waals surface area contributed by atoms with E-state index in [9.17, 15) is 0 Å². The number of hydrogen-bond donors (Lipinski definition) is 0. The van der Waals surface area contributed by atoms with Crippen LogP contribution in [0.15, 0.2) is 127 Å². The van der Waals surface area contributed by atoms with Crippen LogP contribution in [0.1, 0.15) is 61.6 Å². The molecule has 0 radical (unpaired) electrons. The van der Waals surface area contributed by atoms with E-state index < -0.39 is 6.29 Å². The van der Waals surface area contributed by atoms with Crippen molar-refractivity contribution in [3.8, 4) is 33.8 Å². The lowest BCUT2D eigenvalue weighted by atomic mass is 9.82.